The first-order chi connectivity index (χ1) is 7.97. The highest BCUT2D eigenvalue weighted by atomic mass is 35.5. The summed E-state index contributed by atoms with van der Waals surface area (Å²) in [7, 11) is -1.75. The Morgan fingerprint density at radius 3 is 2.44 bits per heavy atom. The summed E-state index contributed by atoms with van der Waals surface area (Å²) in [6.07, 6.45) is 0.709. The first-order valence-corrected chi connectivity index (χ1v) is 7.30. The van der Waals surface area contributed by atoms with E-state index in [4.69, 9.17) is 23.2 Å². The highest BCUT2D eigenvalue weighted by molar-refractivity contribution is 7.89. The second-order valence-electron chi connectivity index (χ2n) is 3.43. The van der Waals surface area contributed by atoms with E-state index in [9.17, 15) is 8.42 Å². The fourth-order valence-electron chi connectivity index (χ4n) is 1.24. The normalized spacial score (nSPS) is 11.1. The van der Waals surface area contributed by atoms with Crippen molar-refractivity contribution in [2.24, 2.45) is 0 Å². The zero-order valence-electron chi connectivity index (χ0n) is 9.74. The molecule has 0 saturated heterocycles. The molecule has 18 heavy (non-hydrogen) atoms. The summed E-state index contributed by atoms with van der Waals surface area (Å²) >= 11 is 11.5. The van der Waals surface area contributed by atoms with Gasteiger partial charge in [-0.05, 0) is 38.2 Å². The van der Waals surface area contributed by atoms with Gasteiger partial charge in [-0.2, -0.15) is 0 Å². The molecule has 0 bridgehead atoms. The number of rotatable bonds is 6. The minimum absolute atomic E-state index is 0. The van der Waals surface area contributed by atoms with Crippen molar-refractivity contribution < 1.29 is 8.42 Å². The van der Waals surface area contributed by atoms with Crippen LogP contribution in [0.15, 0.2) is 23.1 Å². The van der Waals surface area contributed by atoms with Crippen molar-refractivity contribution in [3.05, 3.63) is 28.2 Å². The van der Waals surface area contributed by atoms with Crippen LogP contribution in [0.3, 0.4) is 0 Å². The quantitative estimate of drug-likeness (QED) is 0.785. The van der Waals surface area contributed by atoms with Crippen LogP contribution in [0.5, 0.6) is 0 Å². The summed E-state index contributed by atoms with van der Waals surface area (Å²) in [5.41, 5.74) is 0. The van der Waals surface area contributed by atoms with Gasteiger partial charge < -0.3 is 5.32 Å². The van der Waals surface area contributed by atoms with Gasteiger partial charge in [0.15, 0.2) is 0 Å². The Balaban J connectivity index is 0.00000289. The van der Waals surface area contributed by atoms with Crippen LogP contribution in [0.1, 0.15) is 6.42 Å². The summed E-state index contributed by atoms with van der Waals surface area (Å²) in [5.74, 6) is 0. The molecule has 8 heteroatoms. The maximum absolute atomic E-state index is 11.9. The Morgan fingerprint density at radius 1 is 1.22 bits per heavy atom. The number of halogens is 3. The van der Waals surface area contributed by atoms with E-state index in [1.807, 2.05) is 7.05 Å². The van der Waals surface area contributed by atoms with E-state index in [-0.39, 0.29) is 22.3 Å². The highest BCUT2D eigenvalue weighted by Crippen LogP contribution is 2.24. The highest BCUT2D eigenvalue weighted by Gasteiger charge is 2.17. The molecule has 0 amide bonds. The molecule has 1 aromatic carbocycles. The fraction of sp³-hybridized carbons (Fsp3) is 0.400. The summed E-state index contributed by atoms with van der Waals surface area (Å²) in [5, 5.41) is 3.46. The zero-order chi connectivity index (χ0) is 12.9. The van der Waals surface area contributed by atoms with Gasteiger partial charge in [-0.15, -0.1) is 12.4 Å². The van der Waals surface area contributed by atoms with E-state index in [0.29, 0.717) is 18.0 Å². The Labute approximate surface area is 124 Å². The zero-order valence-corrected chi connectivity index (χ0v) is 12.9. The molecule has 0 aliphatic carbocycles. The molecule has 0 spiro atoms. The molecule has 0 atom stereocenters. The predicted octanol–water partition coefficient (Wildman–Crippen LogP) is 2.30. The summed E-state index contributed by atoms with van der Waals surface area (Å²) < 4.78 is 26.2. The first kappa shape index (κ1) is 18.0. The van der Waals surface area contributed by atoms with Gasteiger partial charge in [0.1, 0.15) is 4.90 Å². The monoisotopic (exact) mass is 332 g/mol. The number of hydrogen-bond acceptors (Lipinski definition) is 3. The van der Waals surface area contributed by atoms with Crippen molar-refractivity contribution in [1.29, 1.82) is 0 Å². The van der Waals surface area contributed by atoms with Gasteiger partial charge >= 0.3 is 0 Å². The lowest BCUT2D eigenvalue weighted by Crippen LogP contribution is -2.27. The van der Waals surface area contributed by atoms with Crippen molar-refractivity contribution in [3.63, 3.8) is 0 Å². The SMILES string of the molecule is CNCCCNS(=O)(=O)c1ccc(Cl)cc1Cl.Cl. The summed E-state index contributed by atoms with van der Waals surface area (Å²) in [4.78, 5) is 0.0491. The predicted molar refractivity (Wildman–Crippen MR) is 77.4 cm³/mol. The minimum Gasteiger partial charge on any atom is -0.320 e. The van der Waals surface area contributed by atoms with E-state index >= 15 is 0 Å². The lowest BCUT2D eigenvalue weighted by atomic mass is 10.4. The topological polar surface area (TPSA) is 58.2 Å². The second kappa shape index (κ2) is 8.19. The van der Waals surface area contributed by atoms with Crippen molar-refractivity contribution in [2.45, 2.75) is 11.3 Å². The van der Waals surface area contributed by atoms with Crippen LogP contribution in [0, 0.1) is 0 Å². The molecule has 0 heterocycles. The van der Waals surface area contributed by atoms with Gasteiger partial charge in [0, 0.05) is 11.6 Å². The van der Waals surface area contributed by atoms with E-state index in [1.54, 1.807) is 0 Å². The van der Waals surface area contributed by atoms with Crippen molar-refractivity contribution in [1.82, 2.24) is 10.0 Å². The number of benzene rings is 1. The van der Waals surface area contributed by atoms with Crippen LogP contribution in [-0.4, -0.2) is 28.6 Å². The Hall–Kier alpha value is -0.0400. The van der Waals surface area contributed by atoms with Gasteiger partial charge in [0.05, 0.1) is 5.02 Å². The molecule has 4 nitrogen and oxygen atoms in total. The van der Waals surface area contributed by atoms with Crippen LogP contribution in [0.4, 0.5) is 0 Å². The first-order valence-electron chi connectivity index (χ1n) is 5.06. The average Bonchev–Trinajstić information content (AvgIpc) is 2.24. The molecule has 0 unspecified atom stereocenters. The minimum atomic E-state index is -3.56. The van der Waals surface area contributed by atoms with Crippen molar-refractivity contribution in [2.75, 3.05) is 20.1 Å². The van der Waals surface area contributed by atoms with E-state index in [1.165, 1.54) is 18.2 Å². The molecule has 2 N–H and O–H groups in total. The van der Waals surface area contributed by atoms with Gasteiger partial charge in [0.2, 0.25) is 10.0 Å². The van der Waals surface area contributed by atoms with Gasteiger partial charge in [-0.3, -0.25) is 0 Å². The molecule has 104 valence electrons. The molecule has 0 aliphatic rings. The average molecular weight is 334 g/mol. The summed E-state index contributed by atoms with van der Waals surface area (Å²) in [6.45, 7) is 1.11. The van der Waals surface area contributed by atoms with Gasteiger partial charge in [-0.25, -0.2) is 13.1 Å². The molecule has 1 aromatic rings. The molecule has 0 aromatic heterocycles. The molecule has 0 aliphatic heterocycles. The van der Waals surface area contributed by atoms with Crippen molar-refractivity contribution >= 4 is 45.6 Å². The standard InChI is InChI=1S/C10H14Cl2N2O2S.ClH/c1-13-5-2-6-14-17(15,16)10-4-3-8(11)7-9(10)12;/h3-4,7,13-14H,2,5-6H2,1H3;1H. The Bertz CT molecular complexity index is 480. The van der Waals surface area contributed by atoms with Crippen LogP contribution >= 0.6 is 35.6 Å². The third-order valence-electron chi connectivity index (χ3n) is 2.08. The molecule has 0 saturated carbocycles. The third-order valence-corrected chi connectivity index (χ3v) is 4.26. The fourth-order valence-corrected chi connectivity index (χ4v) is 3.09. The van der Waals surface area contributed by atoms with E-state index < -0.39 is 10.0 Å². The molecular weight excluding hydrogens is 319 g/mol. The molecular formula is C10H15Cl3N2O2S. The molecule has 0 fully saturated rings. The van der Waals surface area contributed by atoms with E-state index in [0.717, 1.165) is 6.54 Å². The number of sulfonamides is 1. The molecule has 0 radical (unpaired) electrons. The van der Waals surface area contributed by atoms with Crippen LogP contribution in [0.25, 0.3) is 0 Å². The van der Waals surface area contributed by atoms with Gasteiger partial charge in [0.25, 0.3) is 0 Å². The molecule has 1 rings (SSSR count). The maximum Gasteiger partial charge on any atom is 0.242 e. The van der Waals surface area contributed by atoms with E-state index in [2.05, 4.69) is 10.0 Å². The largest absolute Gasteiger partial charge is 0.320 e. The lowest BCUT2D eigenvalue weighted by Gasteiger charge is -2.08. The van der Waals surface area contributed by atoms with Crippen LogP contribution in [-0.2, 0) is 10.0 Å². The smallest absolute Gasteiger partial charge is 0.242 e. The van der Waals surface area contributed by atoms with Gasteiger partial charge in [-0.1, -0.05) is 23.2 Å². The Morgan fingerprint density at radius 2 is 1.89 bits per heavy atom. The number of hydrogen-bond donors (Lipinski definition) is 2. The third kappa shape index (κ3) is 5.30. The second-order valence-corrected chi connectivity index (χ2v) is 6.01. The van der Waals surface area contributed by atoms with Crippen LogP contribution < -0.4 is 10.0 Å². The lowest BCUT2D eigenvalue weighted by molar-refractivity contribution is 0.577. The van der Waals surface area contributed by atoms with Crippen LogP contribution in [0.2, 0.25) is 10.0 Å². The Kier molecular flexibility index (Phi) is 8.18. The summed E-state index contributed by atoms with van der Waals surface area (Å²) in [6, 6.07) is 4.30. The maximum atomic E-state index is 11.9. The number of nitrogens with one attached hydrogen (secondary N) is 2. The van der Waals surface area contributed by atoms with Crippen molar-refractivity contribution in [3.8, 4) is 0 Å².